The number of hydrogen-bond acceptors (Lipinski definition) is 4. The monoisotopic (exact) mass is 263 g/mol. The first-order chi connectivity index (χ1) is 9.15. The van der Waals surface area contributed by atoms with Crippen LogP contribution in [0.4, 0.5) is 0 Å². The predicted molar refractivity (Wildman–Crippen MR) is 70.8 cm³/mol. The van der Waals surface area contributed by atoms with Crippen LogP contribution < -0.4 is 5.32 Å². The van der Waals surface area contributed by atoms with Crippen molar-refractivity contribution < 1.29 is 9.32 Å². The zero-order valence-electron chi connectivity index (χ0n) is 11.6. The Labute approximate surface area is 113 Å². The van der Waals surface area contributed by atoms with Crippen molar-refractivity contribution in [2.45, 2.75) is 39.2 Å². The molecule has 5 heteroatoms. The van der Waals surface area contributed by atoms with Gasteiger partial charge >= 0.3 is 0 Å². The van der Waals surface area contributed by atoms with Crippen LogP contribution in [0.1, 0.15) is 29.9 Å². The highest BCUT2D eigenvalue weighted by molar-refractivity contribution is 5.79. The first-order valence-corrected chi connectivity index (χ1v) is 7.08. The van der Waals surface area contributed by atoms with Crippen molar-refractivity contribution in [1.82, 2.24) is 15.4 Å². The van der Waals surface area contributed by atoms with E-state index in [1.54, 1.807) is 0 Å². The van der Waals surface area contributed by atoms with Crippen LogP contribution in [0.3, 0.4) is 0 Å². The predicted octanol–water partition coefficient (Wildman–Crippen LogP) is 1.04. The largest absolute Gasteiger partial charge is 0.361 e. The Morgan fingerprint density at radius 2 is 2.32 bits per heavy atom. The zero-order chi connectivity index (χ0) is 13.4. The maximum Gasteiger partial charge on any atom is 0.227 e. The average Bonchev–Trinajstić information content (AvgIpc) is 2.99. The summed E-state index contributed by atoms with van der Waals surface area (Å²) in [4.78, 5) is 14.4. The summed E-state index contributed by atoms with van der Waals surface area (Å²) in [6.07, 6.45) is 2.70. The molecule has 2 atom stereocenters. The number of piperidine rings is 1. The van der Waals surface area contributed by atoms with Crippen molar-refractivity contribution in [2.24, 2.45) is 5.92 Å². The third-order valence-electron chi connectivity index (χ3n) is 4.52. The molecule has 0 spiro atoms. The number of fused-ring (bicyclic) bond motifs is 1. The van der Waals surface area contributed by atoms with Gasteiger partial charge < -0.3 is 14.7 Å². The van der Waals surface area contributed by atoms with E-state index >= 15 is 0 Å². The van der Waals surface area contributed by atoms with E-state index in [-0.39, 0.29) is 5.91 Å². The van der Waals surface area contributed by atoms with E-state index in [4.69, 9.17) is 4.52 Å². The smallest absolute Gasteiger partial charge is 0.227 e. The zero-order valence-corrected chi connectivity index (χ0v) is 11.6. The molecule has 2 aliphatic rings. The fraction of sp³-hybridized carbons (Fsp3) is 0.714. The summed E-state index contributed by atoms with van der Waals surface area (Å²) in [6.45, 7) is 6.64. The van der Waals surface area contributed by atoms with Gasteiger partial charge in [0.05, 0.1) is 12.1 Å². The molecule has 5 nitrogen and oxygen atoms in total. The number of carbonyl (C=O) groups excluding carboxylic acids is 1. The summed E-state index contributed by atoms with van der Waals surface area (Å²) in [7, 11) is 0. The minimum absolute atomic E-state index is 0.208. The molecule has 19 heavy (non-hydrogen) atoms. The van der Waals surface area contributed by atoms with Crippen molar-refractivity contribution in [3.05, 3.63) is 17.0 Å². The summed E-state index contributed by atoms with van der Waals surface area (Å²) >= 11 is 0. The summed E-state index contributed by atoms with van der Waals surface area (Å²) in [5.41, 5.74) is 1.79. The highest BCUT2D eigenvalue weighted by Gasteiger charge is 2.34. The fourth-order valence-electron chi connectivity index (χ4n) is 3.29. The van der Waals surface area contributed by atoms with Crippen LogP contribution in [-0.4, -0.2) is 41.6 Å². The molecule has 1 aromatic rings. The van der Waals surface area contributed by atoms with E-state index in [1.807, 2.05) is 18.7 Å². The van der Waals surface area contributed by atoms with Crippen molar-refractivity contribution in [3.63, 3.8) is 0 Å². The van der Waals surface area contributed by atoms with Gasteiger partial charge in [-0.3, -0.25) is 4.79 Å². The molecule has 3 heterocycles. The van der Waals surface area contributed by atoms with Crippen LogP contribution in [0, 0.1) is 19.8 Å². The molecule has 104 valence electrons. The lowest BCUT2D eigenvalue weighted by molar-refractivity contribution is -0.132. The minimum Gasteiger partial charge on any atom is -0.361 e. The van der Waals surface area contributed by atoms with Crippen LogP contribution in [-0.2, 0) is 11.2 Å². The maximum absolute atomic E-state index is 12.4. The van der Waals surface area contributed by atoms with Gasteiger partial charge in [-0.15, -0.1) is 0 Å². The molecular formula is C14H21N3O2. The number of likely N-dealkylation sites (tertiary alicyclic amines) is 1. The number of carbonyl (C=O) groups is 1. The van der Waals surface area contributed by atoms with Gasteiger partial charge in [-0.05, 0) is 39.2 Å². The van der Waals surface area contributed by atoms with E-state index in [2.05, 4.69) is 10.5 Å². The molecule has 2 saturated heterocycles. The van der Waals surface area contributed by atoms with E-state index in [1.165, 1.54) is 6.42 Å². The number of nitrogens with zero attached hydrogens (tertiary/aromatic N) is 2. The highest BCUT2D eigenvalue weighted by atomic mass is 16.5. The van der Waals surface area contributed by atoms with E-state index in [9.17, 15) is 4.79 Å². The van der Waals surface area contributed by atoms with Crippen molar-refractivity contribution in [2.75, 3.05) is 19.6 Å². The van der Waals surface area contributed by atoms with Crippen LogP contribution in [0.5, 0.6) is 0 Å². The van der Waals surface area contributed by atoms with Crippen LogP contribution in [0.15, 0.2) is 4.52 Å². The van der Waals surface area contributed by atoms with Crippen LogP contribution >= 0.6 is 0 Å². The Hall–Kier alpha value is -1.36. The Bertz CT molecular complexity index is 464. The molecule has 0 saturated carbocycles. The molecule has 2 unspecified atom stereocenters. The van der Waals surface area contributed by atoms with Gasteiger partial charge in [0.2, 0.25) is 5.91 Å². The number of rotatable bonds is 2. The molecule has 0 radical (unpaired) electrons. The Balaban J connectivity index is 1.65. The van der Waals surface area contributed by atoms with Gasteiger partial charge in [-0.1, -0.05) is 5.16 Å². The van der Waals surface area contributed by atoms with E-state index in [0.29, 0.717) is 18.4 Å². The van der Waals surface area contributed by atoms with Crippen molar-refractivity contribution in [3.8, 4) is 0 Å². The lowest BCUT2D eigenvalue weighted by Crippen LogP contribution is -2.47. The molecule has 0 aromatic carbocycles. The summed E-state index contributed by atoms with van der Waals surface area (Å²) in [6, 6.07) is 0.628. The van der Waals surface area contributed by atoms with Gasteiger partial charge in [0.1, 0.15) is 5.76 Å². The average molecular weight is 263 g/mol. The lowest BCUT2D eigenvalue weighted by Gasteiger charge is -2.35. The lowest BCUT2D eigenvalue weighted by atomic mass is 9.93. The second kappa shape index (κ2) is 4.96. The molecule has 1 aromatic heterocycles. The van der Waals surface area contributed by atoms with Gasteiger partial charge in [0.25, 0.3) is 0 Å². The maximum atomic E-state index is 12.4. The van der Waals surface area contributed by atoms with Gasteiger partial charge in [0.15, 0.2) is 0 Å². The molecular weight excluding hydrogens is 242 g/mol. The first-order valence-electron chi connectivity index (χ1n) is 7.08. The fourth-order valence-corrected chi connectivity index (χ4v) is 3.29. The molecule has 3 rings (SSSR count). The Morgan fingerprint density at radius 1 is 1.47 bits per heavy atom. The molecule has 1 N–H and O–H groups in total. The van der Waals surface area contributed by atoms with Gasteiger partial charge in [-0.25, -0.2) is 0 Å². The van der Waals surface area contributed by atoms with Gasteiger partial charge in [-0.2, -0.15) is 0 Å². The number of aryl methyl sites for hydroxylation is 2. The Morgan fingerprint density at radius 3 is 3.05 bits per heavy atom. The van der Waals surface area contributed by atoms with E-state index < -0.39 is 0 Å². The molecule has 2 fully saturated rings. The quantitative estimate of drug-likeness (QED) is 0.866. The molecule has 0 bridgehead atoms. The minimum atomic E-state index is 0.208. The molecule has 1 amide bonds. The number of aromatic nitrogens is 1. The second-order valence-electron chi connectivity index (χ2n) is 5.72. The normalized spacial score (nSPS) is 26.5. The van der Waals surface area contributed by atoms with Crippen molar-refractivity contribution >= 4 is 5.91 Å². The van der Waals surface area contributed by atoms with Crippen LogP contribution in [0.2, 0.25) is 0 Å². The summed E-state index contributed by atoms with van der Waals surface area (Å²) < 4.78 is 5.12. The highest BCUT2D eigenvalue weighted by Crippen LogP contribution is 2.25. The third kappa shape index (κ3) is 2.39. The summed E-state index contributed by atoms with van der Waals surface area (Å²) in [5, 5.41) is 7.43. The molecule has 2 aliphatic heterocycles. The first kappa shape index (κ1) is 12.7. The van der Waals surface area contributed by atoms with E-state index in [0.717, 1.165) is 43.1 Å². The number of hydrogen-bond donors (Lipinski definition) is 1. The van der Waals surface area contributed by atoms with Gasteiger partial charge in [0, 0.05) is 24.7 Å². The topological polar surface area (TPSA) is 58.4 Å². The SMILES string of the molecule is Cc1noc(C)c1CC(=O)N1CCC2NCCC2C1. The van der Waals surface area contributed by atoms with Crippen molar-refractivity contribution in [1.29, 1.82) is 0 Å². The molecule has 0 aliphatic carbocycles. The number of amides is 1. The second-order valence-corrected chi connectivity index (χ2v) is 5.72. The number of nitrogens with one attached hydrogen (secondary N) is 1. The Kier molecular flexibility index (Phi) is 3.31. The third-order valence-corrected chi connectivity index (χ3v) is 4.52. The van der Waals surface area contributed by atoms with Crippen LogP contribution in [0.25, 0.3) is 0 Å². The summed E-state index contributed by atoms with van der Waals surface area (Å²) in [5.74, 6) is 1.62. The standard InChI is InChI=1S/C14H21N3O2/c1-9-12(10(2)19-16-9)7-14(18)17-6-4-13-11(8-17)3-5-15-13/h11,13,15H,3-8H2,1-2H3.